The number of nitrogens with one attached hydrogen (secondary N) is 1. The number of carbonyl (C=O) groups is 2. The van der Waals surface area contributed by atoms with Crippen molar-refractivity contribution in [2.45, 2.75) is 225 Å². The van der Waals surface area contributed by atoms with Crippen LogP contribution in [0.2, 0.25) is 0 Å². The van der Waals surface area contributed by atoms with Gasteiger partial charge in [-0.15, -0.1) is 0 Å². The van der Waals surface area contributed by atoms with Gasteiger partial charge in [0.05, 0.1) is 25.2 Å². The van der Waals surface area contributed by atoms with Crippen molar-refractivity contribution < 1.29 is 24.5 Å². The molecule has 0 saturated carbocycles. The first-order chi connectivity index (χ1) is 30.5. The average molecular weight is 860 g/mol. The van der Waals surface area contributed by atoms with Crippen molar-refractivity contribution in [3.05, 3.63) is 109 Å². The standard InChI is InChI=1S/C56H93NO5/c1-4-7-10-13-16-19-22-24-26-27-29-31-34-37-40-43-46-49-56(61)62-52(47-44-41-38-35-33-30-28-25-23-20-17-14-11-8-5-2)50-55(60)57-53(51-58)54(59)48-45-42-39-36-32-21-18-15-12-9-6-3/h8,11,16-17,19-20,24-26,28-29,31,33,35,37,40-41,44,52-54,58-59H,4-7,9-10,12-15,18,21-23,27,30,32,34,36,38-39,42-43,45-51H2,1-3H3,(H,57,60)/b11-8-,19-16-,20-17-,26-24-,28-25-,31-29-,35-33-,40-37-,44-41-. The molecule has 1 amide bonds. The fraction of sp³-hybridized carbons (Fsp3) is 0.643. The van der Waals surface area contributed by atoms with Crippen LogP contribution in [0.3, 0.4) is 0 Å². The number of allylic oxidation sites excluding steroid dienone is 17. The molecule has 0 saturated heterocycles. The van der Waals surface area contributed by atoms with E-state index in [4.69, 9.17) is 4.74 Å². The molecule has 352 valence electrons. The summed E-state index contributed by atoms with van der Waals surface area (Å²) in [4.78, 5) is 26.1. The summed E-state index contributed by atoms with van der Waals surface area (Å²) in [5.74, 6) is -0.658. The molecule has 3 N–H and O–H groups in total. The van der Waals surface area contributed by atoms with Gasteiger partial charge in [-0.3, -0.25) is 9.59 Å². The van der Waals surface area contributed by atoms with Gasteiger partial charge >= 0.3 is 5.97 Å². The van der Waals surface area contributed by atoms with Crippen LogP contribution in [-0.2, 0) is 14.3 Å². The van der Waals surface area contributed by atoms with Crippen molar-refractivity contribution in [2.75, 3.05) is 6.61 Å². The number of carbonyl (C=O) groups excluding carboxylic acids is 2. The second-order valence-electron chi connectivity index (χ2n) is 16.5. The SMILES string of the molecule is CC/C=C\C/C=C\C/C=C\C/C=C\C/C=C\CC(CC(=O)NC(CO)C(O)CCCCCCCCCCCCC)OC(=O)CCC/C=C\C/C=C\C/C=C\C/C=C\CCCCC. The molecule has 0 aromatic heterocycles. The summed E-state index contributed by atoms with van der Waals surface area (Å²) >= 11 is 0. The number of rotatable bonds is 43. The maximum absolute atomic E-state index is 13.2. The number of unbranched alkanes of at least 4 members (excludes halogenated alkanes) is 14. The third-order valence-electron chi connectivity index (χ3n) is 10.6. The van der Waals surface area contributed by atoms with Crippen LogP contribution in [0.4, 0.5) is 0 Å². The van der Waals surface area contributed by atoms with Gasteiger partial charge in [-0.1, -0.05) is 214 Å². The Morgan fingerprint density at radius 2 is 0.903 bits per heavy atom. The molecule has 62 heavy (non-hydrogen) atoms. The zero-order valence-electron chi connectivity index (χ0n) is 40.0. The minimum Gasteiger partial charge on any atom is -0.461 e. The van der Waals surface area contributed by atoms with E-state index in [1.54, 1.807) is 0 Å². The summed E-state index contributed by atoms with van der Waals surface area (Å²) in [6, 6.07) is -0.749. The number of esters is 1. The van der Waals surface area contributed by atoms with E-state index in [-0.39, 0.29) is 31.3 Å². The van der Waals surface area contributed by atoms with Crippen LogP contribution >= 0.6 is 0 Å². The first-order valence-electron chi connectivity index (χ1n) is 25.1. The van der Waals surface area contributed by atoms with Crippen molar-refractivity contribution in [2.24, 2.45) is 0 Å². The Labute approximate surface area is 381 Å². The second-order valence-corrected chi connectivity index (χ2v) is 16.5. The predicted octanol–water partition coefficient (Wildman–Crippen LogP) is 15.1. The van der Waals surface area contributed by atoms with Gasteiger partial charge in [-0.25, -0.2) is 0 Å². The topological polar surface area (TPSA) is 95.9 Å². The van der Waals surface area contributed by atoms with E-state index in [2.05, 4.69) is 123 Å². The van der Waals surface area contributed by atoms with Crippen LogP contribution in [0, 0.1) is 0 Å². The Hall–Kier alpha value is -3.48. The number of aliphatic hydroxyl groups excluding tert-OH is 2. The first-order valence-corrected chi connectivity index (χ1v) is 25.1. The van der Waals surface area contributed by atoms with Crippen LogP contribution in [0.15, 0.2) is 109 Å². The Morgan fingerprint density at radius 1 is 0.500 bits per heavy atom. The van der Waals surface area contributed by atoms with E-state index < -0.39 is 18.2 Å². The minimum atomic E-state index is -0.827. The van der Waals surface area contributed by atoms with Gasteiger partial charge in [0.1, 0.15) is 6.10 Å². The molecule has 0 aliphatic heterocycles. The number of hydrogen-bond donors (Lipinski definition) is 3. The predicted molar refractivity (Wildman–Crippen MR) is 268 cm³/mol. The molecule has 3 unspecified atom stereocenters. The van der Waals surface area contributed by atoms with Crippen LogP contribution in [0.25, 0.3) is 0 Å². The van der Waals surface area contributed by atoms with E-state index in [0.717, 1.165) is 77.0 Å². The van der Waals surface area contributed by atoms with E-state index in [1.165, 1.54) is 77.0 Å². The quantitative estimate of drug-likeness (QED) is 0.0322. The van der Waals surface area contributed by atoms with Gasteiger partial charge in [0, 0.05) is 12.8 Å². The summed E-state index contributed by atoms with van der Waals surface area (Å²) in [5, 5.41) is 23.7. The molecule has 0 radical (unpaired) electrons. The van der Waals surface area contributed by atoms with Gasteiger partial charge in [-0.05, 0) is 83.5 Å². The number of aliphatic hydroxyl groups is 2. The Morgan fingerprint density at radius 3 is 1.37 bits per heavy atom. The molecular weight excluding hydrogens is 767 g/mol. The van der Waals surface area contributed by atoms with Crippen LogP contribution in [0.5, 0.6) is 0 Å². The van der Waals surface area contributed by atoms with E-state index >= 15 is 0 Å². The second kappa shape index (κ2) is 48.6. The Bertz CT molecular complexity index is 1280. The first kappa shape index (κ1) is 58.5. The summed E-state index contributed by atoms with van der Waals surface area (Å²) in [6.45, 7) is 6.28. The zero-order chi connectivity index (χ0) is 45.2. The molecule has 0 aromatic carbocycles. The molecule has 0 aliphatic rings. The van der Waals surface area contributed by atoms with Crippen molar-refractivity contribution in [3.8, 4) is 0 Å². The molecule has 0 fully saturated rings. The largest absolute Gasteiger partial charge is 0.461 e. The lowest BCUT2D eigenvalue weighted by molar-refractivity contribution is -0.150. The highest BCUT2D eigenvalue weighted by Gasteiger charge is 2.23. The highest BCUT2D eigenvalue weighted by molar-refractivity contribution is 5.77. The molecule has 0 aromatic rings. The smallest absolute Gasteiger partial charge is 0.306 e. The van der Waals surface area contributed by atoms with Gasteiger partial charge in [0.25, 0.3) is 0 Å². The van der Waals surface area contributed by atoms with Crippen LogP contribution in [0.1, 0.15) is 207 Å². The minimum absolute atomic E-state index is 0.0289. The van der Waals surface area contributed by atoms with Gasteiger partial charge in [0.15, 0.2) is 0 Å². The van der Waals surface area contributed by atoms with Crippen molar-refractivity contribution in [3.63, 3.8) is 0 Å². The summed E-state index contributed by atoms with van der Waals surface area (Å²) in [7, 11) is 0. The molecule has 6 heteroatoms. The lowest BCUT2D eigenvalue weighted by Gasteiger charge is -2.24. The molecule has 6 nitrogen and oxygen atoms in total. The lowest BCUT2D eigenvalue weighted by atomic mass is 10.0. The Kier molecular flexibility index (Phi) is 45.8. The van der Waals surface area contributed by atoms with Gasteiger partial charge in [0.2, 0.25) is 5.91 Å². The van der Waals surface area contributed by atoms with E-state index in [1.807, 2.05) is 12.2 Å². The summed E-state index contributed by atoms with van der Waals surface area (Å²) in [5.41, 5.74) is 0. The molecule has 0 aliphatic carbocycles. The monoisotopic (exact) mass is 860 g/mol. The van der Waals surface area contributed by atoms with Crippen molar-refractivity contribution in [1.82, 2.24) is 5.32 Å². The normalized spacial score (nSPS) is 14.2. The maximum atomic E-state index is 13.2. The fourth-order valence-corrected chi connectivity index (χ4v) is 6.80. The van der Waals surface area contributed by atoms with E-state index in [0.29, 0.717) is 19.3 Å². The number of ether oxygens (including phenoxy) is 1. The molecule has 0 rings (SSSR count). The Balaban J connectivity index is 4.85. The highest BCUT2D eigenvalue weighted by Crippen LogP contribution is 2.15. The molecule has 0 spiro atoms. The molecule has 0 bridgehead atoms. The third-order valence-corrected chi connectivity index (χ3v) is 10.6. The van der Waals surface area contributed by atoms with Gasteiger partial charge in [-0.2, -0.15) is 0 Å². The molecule has 3 atom stereocenters. The number of amides is 1. The van der Waals surface area contributed by atoms with Crippen molar-refractivity contribution >= 4 is 11.9 Å². The third kappa shape index (κ3) is 43.2. The van der Waals surface area contributed by atoms with Crippen molar-refractivity contribution in [1.29, 1.82) is 0 Å². The lowest BCUT2D eigenvalue weighted by Crippen LogP contribution is -2.46. The van der Waals surface area contributed by atoms with Crippen LogP contribution in [-0.4, -0.2) is 46.9 Å². The number of hydrogen-bond acceptors (Lipinski definition) is 5. The summed E-state index contributed by atoms with van der Waals surface area (Å²) < 4.78 is 5.83. The zero-order valence-corrected chi connectivity index (χ0v) is 40.0. The van der Waals surface area contributed by atoms with Gasteiger partial charge < -0.3 is 20.3 Å². The molecule has 0 heterocycles. The molecular formula is C56H93NO5. The summed E-state index contributed by atoms with van der Waals surface area (Å²) in [6.07, 6.45) is 65.9. The maximum Gasteiger partial charge on any atom is 0.306 e. The van der Waals surface area contributed by atoms with Crippen LogP contribution < -0.4 is 5.32 Å². The van der Waals surface area contributed by atoms with E-state index in [9.17, 15) is 19.8 Å². The fourth-order valence-electron chi connectivity index (χ4n) is 6.80. The highest BCUT2D eigenvalue weighted by atomic mass is 16.5. The average Bonchev–Trinajstić information content (AvgIpc) is 3.26.